The fraction of sp³-hybridized carbons (Fsp3) is 0.500. The van der Waals surface area contributed by atoms with E-state index in [1.165, 1.54) is 22.3 Å². The van der Waals surface area contributed by atoms with Crippen LogP contribution >= 0.6 is 0 Å². The van der Waals surface area contributed by atoms with Gasteiger partial charge in [0.05, 0.1) is 6.42 Å². The first-order chi connectivity index (χ1) is 7.42. The number of carbonyl (C=O) groups is 1. The van der Waals surface area contributed by atoms with Crippen LogP contribution in [0.25, 0.3) is 0 Å². The van der Waals surface area contributed by atoms with E-state index in [2.05, 4.69) is 32.9 Å². The third-order valence-electron chi connectivity index (χ3n) is 3.65. The van der Waals surface area contributed by atoms with E-state index in [-0.39, 0.29) is 11.8 Å². The summed E-state index contributed by atoms with van der Waals surface area (Å²) in [5.74, 6) is -0.699. The number of carboxylic acid groups (broad SMARTS) is 1. The van der Waals surface area contributed by atoms with Gasteiger partial charge in [-0.1, -0.05) is 24.6 Å². The van der Waals surface area contributed by atoms with Gasteiger partial charge in [0.25, 0.3) is 0 Å². The van der Waals surface area contributed by atoms with Crippen LogP contribution in [0.5, 0.6) is 0 Å². The zero-order chi connectivity index (χ0) is 11.9. The van der Waals surface area contributed by atoms with E-state index in [1.54, 1.807) is 0 Å². The van der Waals surface area contributed by atoms with Crippen LogP contribution in [-0.4, -0.2) is 11.1 Å². The van der Waals surface area contributed by atoms with Gasteiger partial charge in [0.1, 0.15) is 0 Å². The maximum absolute atomic E-state index is 10.9. The van der Waals surface area contributed by atoms with Gasteiger partial charge in [-0.2, -0.15) is 0 Å². The molecule has 0 amide bonds. The highest BCUT2D eigenvalue weighted by Gasteiger charge is 2.37. The van der Waals surface area contributed by atoms with Gasteiger partial charge in [0, 0.05) is 5.41 Å². The summed E-state index contributed by atoms with van der Waals surface area (Å²) >= 11 is 0. The molecule has 0 aliphatic heterocycles. The lowest BCUT2D eigenvalue weighted by Gasteiger charge is -2.25. The zero-order valence-electron chi connectivity index (χ0n) is 10.1. The monoisotopic (exact) mass is 218 g/mol. The first-order valence-corrected chi connectivity index (χ1v) is 5.75. The summed E-state index contributed by atoms with van der Waals surface area (Å²) in [7, 11) is 0. The Hall–Kier alpha value is -1.31. The van der Waals surface area contributed by atoms with Crippen LogP contribution in [0.3, 0.4) is 0 Å². The Morgan fingerprint density at radius 3 is 2.75 bits per heavy atom. The average Bonchev–Trinajstić information content (AvgIpc) is 2.41. The third kappa shape index (κ3) is 1.73. The molecule has 2 heteroatoms. The van der Waals surface area contributed by atoms with Gasteiger partial charge in [0.15, 0.2) is 0 Å². The second-order valence-corrected chi connectivity index (χ2v) is 5.25. The van der Waals surface area contributed by atoms with Crippen molar-refractivity contribution in [2.45, 2.75) is 45.4 Å². The van der Waals surface area contributed by atoms with E-state index in [0.29, 0.717) is 0 Å². The SMILES string of the molecule is Cc1cc(C)c2c(c1)CCC2(C)CC(=O)O. The quantitative estimate of drug-likeness (QED) is 0.828. The summed E-state index contributed by atoms with van der Waals surface area (Å²) in [6, 6.07) is 4.36. The van der Waals surface area contributed by atoms with Crippen molar-refractivity contribution in [1.29, 1.82) is 0 Å². The Bertz CT molecular complexity index is 448. The molecule has 0 saturated heterocycles. The number of fused-ring (bicyclic) bond motifs is 1. The number of rotatable bonds is 2. The van der Waals surface area contributed by atoms with Gasteiger partial charge in [-0.25, -0.2) is 0 Å². The molecule has 0 bridgehead atoms. The van der Waals surface area contributed by atoms with Crippen LogP contribution in [-0.2, 0) is 16.6 Å². The van der Waals surface area contributed by atoms with Crippen molar-refractivity contribution in [2.75, 3.05) is 0 Å². The van der Waals surface area contributed by atoms with Crippen LogP contribution in [0.4, 0.5) is 0 Å². The second kappa shape index (κ2) is 3.62. The van der Waals surface area contributed by atoms with Crippen LogP contribution in [0, 0.1) is 13.8 Å². The molecular formula is C14H18O2. The molecule has 1 aromatic carbocycles. The number of hydrogen-bond donors (Lipinski definition) is 1. The smallest absolute Gasteiger partial charge is 0.304 e. The highest BCUT2D eigenvalue weighted by Crippen LogP contribution is 2.43. The van der Waals surface area contributed by atoms with Crippen molar-refractivity contribution in [2.24, 2.45) is 0 Å². The summed E-state index contributed by atoms with van der Waals surface area (Å²) in [6.07, 6.45) is 2.21. The van der Waals surface area contributed by atoms with Crippen LogP contribution in [0.1, 0.15) is 42.0 Å². The summed E-state index contributed by atoms with van der Waals surface area (Å²) < 4.78 is 0. The predicted molar refractivity (Wildman–Crippen MR) is 63.8 cm³/mol. The Kier molecular flexibility index (Phi) is 2.53. The van der Waals surface area contributed by atoms with E-state index in [9.17, 15) is 4.79 Å². The Balaban J connectivity index is 2.50. The summed E-state index contributed by atoms with van der Waals surface area (Å²) in [4.78, 5) is 10.9. The van der Waals surface area contributed by atoms with Crippen molar-refractivity contribution >= 4 is 5.97 Å². The number of hydrogen-bond acceptors (Lipinski definition) is 1. The Labute approximate surface area is 96.3 Å². The van der Waals surface area contributed by atoms with Gasteiger partial charge in [-0.15, -0.1) is 0 Å². The number of benzene rings is 1. The number of carboxylic acids is 1. The van der Waals surface area contributed by atoms with Crippen LogP contribution in [0.2, 0.25) is 0 Å². The molecule has 0 saturated carbocycles. The first kappa shape index (κ1) is 11.2. The maximum atomic E-state index is 10.9. The highest BCUT2D eigenvalue weighted by molar-refractivity contribution is 5.70. The van der Waals surface area contributed by atoms with Gasteiger partial charge in [0.2, 0.25) is 0 Å². The molecule has 2 nitrogen and oxygen atoms in total. The molecule has 0 spiro atoms. The lowest BCUT2D eigenvalue weighted by Crippen LogP contribution is -2.23. The van der Waals surface area contributed by atoms with E-state index < -0.39 is 5.97 Å². The van der Waals surface area contributed by atoms with Crippen LogP contribution in [0.15, 0.2) is 12.1 Å². The van der Waals surface area contributed by atoms with E-state index in [1.807, 2.05) is 0 Å². The molecule has 0 fully saturated rings. The number of aryl methyl sites for hydroxylation is 3. The normalized spacial score (nSPS) is 23.2. The van der Waals surface area contributed by atoms with Crippen molar-refractivity contribution < 1.29 is 9.90 Å². The van der Waals surface area contributed by atoms with Gasteiger partial charge >= 0.3 is 5.97 Å². The fourth-order valence-corrected chi connectivity index (χ4v) is 3.16. The molecule has 1 aliphatic rings. The minimum Gasteiger partial charge on any atom is -0.481 e. The Morgan fingerprint density at radius 1 is 1.44 bits per heavy atom. The molecule has 1 unspecified atom stereocenters. The van der Waals surface area contributed by atoms with Crippen molar-refractivity contribution in [3.63, 3.8) is 0 Å². The second-order valence-electron chi connectivity index (χ2n) is 5.25. The standard InChI is InChI=1S/C14H18O2/c1-9-6-10(2)13-11(7-9)4-5-14(13,3)8-12(15)16/h6-7H,4-5,8H2,1-3H3,(H,15,16). The largest absolute Gasteiger partial charge is 0.481 e. The molecule has 86 valence electrons. The molecule has 1 aliphatic carbocycles. The minimum absolute atomic E-state index is 0.168. The minimum atomic E-state index is -0.699. The Morgan fingerprint density at radius 2 is 2.12 bits per heavy atom. The first-order valence-electron chi connectivity index (χ1n) is 5.75. The molecule has 2 rings (SSSR count). The van der Waals surface area contributed by atoms with Gasteiger partial charge in [-0.3, -0.25) is 4.79 Å². The zero-order valence-corrected chi connectivity index (χ0v) is 10.1. The topological polar surface area (TPSA) is 37.3 Å². The molecule has 16 heavy (non-hydrogen) atoms. The van der Waals surface area contributed by atoms with E-state index in [0.717, 1.165) is 12.8 Å². The van der Waals surface area contributed by atoms with Crippen molar-refractivity contribution in [3.05, 3.63) is 34.4 Å². The maximum Gasteiger partial charge on any atom is 0.304 e. The lowest BCUT2D eigenvalue weighted by molar-refractivity contribution is -0.138. The van der Waals surface area contributed by atoms with Crippen LogP contribution < -0.4 is 0 Å². The highest BCUT2D eigenvalue weighted by atomic mass is 16.4. The van der Waals surface area contributed by atoms with Gasteiger partial charge < -0.3 is 5.11 Å². The molecule has 1 aromatic rings. The van der Waals surface area contributed by atoms with Crippen molar-refractivity contribution in [1.82, 2.24) is 0 Å². The predicted octanol–water partition coefficient (Wildman–Crippen LogP) is 2.98. The summed E-state index contributed by atoms with van der Waals surface area (Å²) in [5, 5.41) is 9.01. The third-order valence-corrected chi connectivity index (χ3v) is 3.65. The molecule has 0 heterocycles. The molecular weight excluding hydrogens is 200 g/mol. The number of aliphatic carboxylic acids is 1. The van der Waals surface area contributed by atoms with Gasteiger partial charge in [-0.05, 0) is 43.4 Å². The fourth-order valence-electron chi connectivity index (χ4n) is 3.16. The molecule has 0 radical (unpaired) electrons. The molecule has 0 aromatic heterocycles. The van der Waals surface area contributed by atoms with Crippen molar-refractivity contribution in [3.8, 4) is 0 Å². The summed E-state index contributed by atoms with van der Waals surface area (Å²) in [6.45, 7) is 6.27. The van der Waals surface area contributed by atoms with E-state index in [4.69, 9.17) is 5.11 Å². The lowest BCUT2D eigenvalue weighted by atomic mass is 9.78. The molecule has 1 N–H and O–H groups in total. The average molecular weight is 218 g/mol. The molecule has 1 atom stereocenters. The summed E-state index contributed by atoms with van der Waals surface area (Å²) in [5.41, 5.74) is 4.98. The van der Waals surface area contributed by atoms with E-state index >= 15 is 0 Å².